The fourth-order valence-corrected chi connectivity index (χ4v) is 1.95. The molecule has 0 amide bonds. The van der Waals surface area contributed by atoms with Crippen molar-refractivity contribution < 1.29 is 4.39 Å². The van der Waals surface area contributed by atoms with Gasteiger partial charge >= 0.3 is 0 Å². The van der Waals surface area contributed by atoms with Crippen molar-refractivity contribution in [1.29, 1.82) is 0 Å². The molecule has 0 saturated heterocycles. The molecule has 0 spiro atoms. The Hall–Kier alpha value is -0.900. The van der Waals surface area contributed by atoms with Crippen LogP contribution in [0.15, 0.2) is 12.4 Å². The third kappa shape index (κ3) is 3.30. The van der Waals surface area contributed by atoms with Crippen LogP contribution in [0.2, 0.25) is 0 Å². The van der Waals surface area contributed by atoms with Gasteiger partial charge in [0.1, 0.15) is 11.5 Å². The van der Waals surface area contributed by atoms with Gasteiger partial charge in [-0.15, -0.1) is 0 Å². The smallest absolute Gasteiger partial charge is 0.130 e. The zero-order chi connectivity index (χ0) is 12.0. The number of imidazole rings is 1. The van der Waals surface area contributed by atoms with Crippen molar-refractivity contribution in [3.8, 4) is 0 Å². The Balaban J connectivity index is 2.73. The monoisotopic (exact) mass is 227 g/mol. The molecule has 2 N–H and O–H groups in total. The molecular formula is C12H22FN3. The van der Waals surface area contributed by atoms with Gasteiger partial charge in [-0.3, -0.25) is 0 Å². The Morgan fingerprint density at radius 1 is 1.44 bits per heavy atom. The maximum atomic E-state index is 14.3. The Bertz CT molecular complexity index is 311. The van der Waals surface area contributed by atoms with Crippen LogP contribution in [0.4, 0.5) is 4.39 Å². The molecule has 0 aromatic carbocycles. The molecule has 1 rings (SSSR count). The van der Waals surface area contributed by atoms with Crippen molar-refractivity contribution >= 4 is 0 Å². The highest BCUT2D eigenvalue weighted by Gasteiger charge is 2.29. The standard InChI is InChI=1S/C12H22FN3/c1-3-5-12(13,10-14)9-11-15-6-8-16(11)7-4-2/h6,8H,3-5,7,9-10,14H2,1-2H3. The number of nitrogens with two attached hydrogens (primary N) is 1. The highest BCUT2D eigenvalue weighted by atomic mass is 19.1. The van der Waals surface area contributed by atoms with Crippen molar-refractivity contribution in [3.05, 3.63) is 18.2 Å². The van der Waals surface area contributed by atoms with Gasteiger partial charge in [-0.2, -0.15) is 0 Å². The normalized spacial score (nSPS) is 15.0. The van der Waals surface area contributed by atoms with Gasteiger partial charge in [0.15, 0.2) is 0 Å². The number of aromatic nitrogens is 2. The number of halogens is 1. The summed E-state index contributed by atoms with van der Waals surface area (Å²) in [6.45, 7) is 5.03. The molecule has 0 aliphatic heterocycles. The molecule has 16 heavy (non-hydrogen) atoms. The minimum absolute atomic E-state index is 0.0693. The minimum atomic E-state index is -1.30. The molecule has 0 saturated carbocycles. The van der Waals surface area contributed by atoms with Gasteiger partial charge < -0.3 is 10.3 Å². The van der Waals surface area contributed by atoms with E-state index >= 15 is 0 Å². The van der Waals surface area contributed by atoms with Crippen molar-refractivity contribution in [2.24, 2.45) is 5.73 Å². The molecule has 1 unspecified atom stereocenters. The lowest BCUT2D eigenvalue weighted by Crippen LogP contribution is -2.36. The average molecular weight is 227 g/mol. The van der Waals surface area contributed by atoms with Crippen LogP contribution in [0.25, 0.3) is 0 Å². The average Bonchev–Trinajstić information content (AvgIpc) is 2.67. The van der Waals surface area contributed by atoms with Crippen molar-refractivity contribution in [3.63, 3.8) is 0 Å². The molecular weight excluding hydrogens is 205 g/mol. The summed E-state index contributed by atoms with van der Waals surface area (Å²) in [4.78, 5) is 4.22. The lowest BCUT2D eigenvalue weighted by atomic mass is 9.96. The first kappa shape index (κ1) is 13.2. The molecule has 3 nitrogen and oxygen atoms in total. The molecule has 1 aromatic heterocycles. The van der Waals surface area contributed by atoms with Crippen LogP contribution in [0.5, 0.6) is 0 Å². The van der Waals surface area contributed by atoms with E-state index in [1.807, 2.05) is 17.7 Å². The first-order chi connectivity index (χ1) is 7.65. The van der Waals surface area contributed by atoms with Gasteiger partial charge in [0.05, 0.1) is 0 Å². The summed E-state index contributed by atoms with van der Waals surface area (Å²) in [5, 5.41) is 0. The number of rotatable bonds is 7. The van der Waals surface area contributed by atoms with E-state index < -0.39 is 5.67 Å². The lowest BCUT2D eigenvalue weighted by molar-refractivity contribution is 0.153. The largest absolute Gasteiger partial charge is 0.335 e. The predicted molar refractivity (Wildman–Crippen MR) is 64.0 cm³/mol. The molecule has 92 valence electrons. The fraction of sp³-hybridized carbons (Fsp3) is 0.750. The molecule has 1 aromatic rings. The van der Waals surface area contributed by atoms with Crippen LogP contribution in [-0.4, -0.2) is 21.8 Å². The Labute approximate surface area is 96.9 Å². The van der Waals surface area contributed by atoms with E-state index in [0.29, 0.717) is 12.8 Å². The van der Waals surface area contributed by atoms with Crippen LogP contribution >= 0.6 is 0 Å². The van der Waals surface area contributed by atoms with Crippen LogP contribution in [0.3, 0.4) is 0 Å². The van der Waals surface area contributed by atoms with Gasteiger partial charge in [0.25, 0.3) is 0 Å². The number of aryl methyl sites for hydroxylation is 1. The first-order valence-corrected chi connectivity index (χ1v) is 6.04. The van der Waals surface area contributed by atoms with Gasteiger partial charge in [0.2, 0.25) is 0 Å². The maximum absolute atomic E-state index is 14.3. The number of hydrogen-bond acceptors (Lipinski definition) is 2. The SMILES string of the molecule is CCCn1ccnc1CC(F)(CN)CCC. The Morgan fingerprint density at radius 2 is 2.19 bits per heavy atom. The molecule has 1 atom stereocenters. The summed E-state index contributed by atoms with van der Waals surface area (Å²) < 4.78 is 16.3. The van der Waals surface area contributed by atoms with Crippen molar-refractivity contribution in [2.75, 3.05) is 6.54 Å². The summed E-state index contributed by atoms with van der Waals surface area (Å²) in [7, 11) is 0. The second-order valence-electron chi connectivity index (χ2n) is 4.32. The topological polar surface area (TPSA) is 43.8 Å². The van der Waals surface area contributed by atoms with E-state index in [-0.39, 0.29) is 6.54 Å². The molecule has 0 radical (unpaired) electrons. The van der Waals surface area contributed by atoms with Crippen LogP contribution in [0.1, 0.15) is 38.9 Å². The molecule has 4 heteroatoms. The quantitative estimate of drug-likeness (QED) is 0.776. The summed E-state index contributed by atoms with van der Waals surface area (Å²) in [6, 6.07) is 0. The van der Waals surface area contributed by atoms with E-state index in [0.717, 1.165) is 25.2 Å². The molecule has 0 aliphatic rings. The highest BCUT2D eigenvalue weighted by Crippen LogP contribution is 2.22. The third-order valence-corrected chi connectivity index (χ3v) is 2.81. The summed E-state index contributed by atoms with van der Waals surface area (Å²) in [5.41, 5.74) is 4.22. The van der Waals surface area contributed by atoms with Gasteiger partial charge in [-0.25, -0.2) is 9.37 Å². The second-order valence-corrected chi connectivity index (χ2v) is 4.32. The summed E-state index contributed by atoms with van der Waals surface area (Å²) in [6.07, 6.45) is 6.30. The minimum Gasteiger partial charge on any atom is -0.335 e. The Kier molecular flexibility index (Phi) is 4.93. The van der Waals surface area contributed by atoms with E-state index in [1.54, 1.807) is 6.20 Å². The van der Waals surface area contributed by atoms with Gasteiger partial charge in [-0.05, 0) is 12.8 Å². The zero-order valence-electron chi connectivity index (χ0n) is 10.2. The summed E-state index contributed by atoms with van der Waals surface area (Å²) in [5.74, 6) is 0.809. The molecule has 0 fully saturated rings. The van der Waals surface area contributed by atoms with E-state index in [2.05, 4.69) is 11.9 Å². The second kappa shape index (κ2) is 5.99. The van der Waals surface area contributed by atoms with Crippen molar-refractivity contribution in [2.45, 2.75) is 51.7 Å². The number of hydrogen-bond donors (Lipinski definition) is 1. The van der Waals surface area contributed by atoms with Crippen LogP contribution in [0, 0.1) is 0 Å². The van der Waals surface area contributed by atoms with Crippen LogP contribution < -0.4 is 5.73 Å². The van der Waals surface area contributed by atoms with Gasteiger partial charge in [-0.1, -0.05) is 20.3 Å². The predicted octanol–water partition coefficient (Wildman–Crippen LogP) is 2.30. The molecule has 1 heterocycles. The van der Waals surface area contributed by atoms with Gasteiger partial charge in [0, 0.05) is 31.9 Å². The third-order valence-electron chi connectivity index (χ3n) is 2.81. The van der Waals surface area contributed by atoms with E-state index in [1.165, 1.54) is 0 Å². The number of nitrogens with zero attached hydrogens (tertiary/aromatic N) is 2. The lowest BCUT2D eigenvalue weighted by Gasteiger charge is -2.23. The summed E-state index contributed by atoms with van der Waals surface area (Å²) >= 11 is 0. The zero-order valence-corrected chi connectivity index (χ0v) is 10.2. The fourth-order valence-electron chi connectivity index (χ4n) is 1.95. The molecule has 0 aliphatic carbocycles. The van der Waals surface area contributed by atoms with Crippen molar-refractivity contribution in [1.82, 2.24) is 9.55 Å². The van der Waals surface area contributed by atoms with E-state index in [4.69, 9.17) is 5.73 Å². The first-order valence-electron chi connectivity index (χ1n) is 6.04. The van der Waals surface area contributed by atoms with Crippen LogP contribution in [-0.2, 0) is 13.0 Å². The Morgan fingerprint density at radius 3 is 2.75 bits per heavy atom. The number of alkyl halides is 1. The highest BCUT2D eigenvalue weighted by molar-refractivity contribution is 4.99. The van der Waals surface area contributed by atoms with E-state index in [9.17, 15) is 4.39 Å². The molecule has 0 bridgehead atoms. The maximum Gasteiger partial charge on any atom is 0.130 e.